The highest BCUT2D eigenvalue weighted by atomic mass is 32.2. The van der Waals surface area contributed by atoms with Crippen LogP contribution in [0.2, 0.25) is 0 Å². The number of hydrogen-bond donors (Lipinski definition) is 2. The number of thioether (sulfide) groups is 1. The third-order valence-corrected chi connectivity index (χ3v) is 5.33. The summed E-state index contributed by atoms with van der Waals surface area (Å²) in [7, 11) is 0. The van der Waals surface area contributed by atoms with E-state index in [9.17, 15) is 14.0 Å². The van der Waals surface area contributed by atoms with E-state index < -0.39 is 0 Å². The number of fused-ring (bicyclic) bond motifs is 1. The molecule has 4 rings (SSSR count). The number of aromatic amines is 1. The lowest BCUT2D eigenvalue weighted by Crippen LogP contribution is -2.15. The summed E-state index contributed by atoms with van der Waals surface area (Å²) in [5, 5.41) is 7.67. The van der Waals surface area contributed by atoms with Crippen molar-refractivity contribution < 1.29 is 9.18 Å². The molecule has 0 aliphatic rings. The molecule has 3 heterocycles. The second-order valence-electron chi connectivity index (χ2n) is 5.46. The Hall–Kier alpha value is -2.98. The first kappa shape index (κ1) is 17.4. The summed E-state index contributed by atoms with van der Waals surface area (Å²) in [6.45, 7) is 0. The first-order valence-corrected chi connectivity index (χ1v) is 9.67. The van der Waals surface area contributed by atoms with Gasteiger partial charge in [0.25, 0.3) is 5.56 Å². The van der Waals surface area contributed by atoms with Gasteiger partial charge in [0.15, 0.2) is 16.6 Å². The number of nitrogens with zero attached hydrogens (tertiary/aromatic N) is 3. The van der Waals surface area contributed by atoms with Gasteiger partial charge in [-0.15, -0.1) is 11.3 Å². The van der Waals surface area contributed by atoms with Gasteiger partial charge in [0, 0.05) is 11.8 Å². The molecule has 1 aromatic carbocycles. The number of hydrogen-bond acceptors (Lipinski definition) is 6. The van der Waals surface area contributed by atoms with Gasteiger partial charge in [0.2, 0.25) is 5.91 Å². The van der Waals surface area contributed by atoms with Gasteiger partial charge in [-0.1, -0.05) is 17.8 Å². The summed E-state index contributed by atoms with van der Waals surface area (Å²) in [4.78, 5) is 33.6. The number of benzene rings is 1. The lowest BCUT2D eigenvalue weighted by molar-refractivity contribution is -0.113. The zero-order valence-corrected chi connectivity index (χ0v) is 15.3. The number of carbonyl (C=O) groups is 1. The summed E-state index contributed by atoms with van der Waals surface area (Å²) < 4.78 is 14.4. The van der Waals surface area contributed by atoms with Gasteiger partial charge in [-0.3, -0.25) is 14.7 Å². The molecule has 0 bridgehead atoms. The van der Waals surface area contributed by atoms with Crippen LogP contribution in [0.4, 0.5) is 10.1 Å². The van der Waals surface area contributed by atoms with Gasteiger partial charge in [-0.25, -0.2) is 18.9 Å². The SMILES string of the molecule is O=C(CSc1nc(-c2cccs2)nc2cc(=O)[nH]n12)Nc1ccc(F)cc1. The predicted molar refractivity (Wildman–Crippen MR) is 103 cm³/mol. The largest absolute Gasteiger partial charge is 0.325 e. The van der Waals surface area contributed by atoms with Crippen LogP contribution in [0.25, 0.3) is 16.3 Å². The Bertz CT molecular complexity index is 1150. The Morgan fingerprint density at radius 3 is 2.81 bits per heavy atom. The van der Waals surface area contributed by atoms with Crippen molar-refractivity contribution in [2.24, 2.45) is 0 Å². The Balaban J connectivity index is 1.56. The fraction of sp³-hybridized carbons (Fsp3) is 0.0588. The zero-order valence-electron chi connectivity index (χ0n) is 13.7. The average molecular weight is 401 g/mol. The molecular weight excluding hydrogens is 389 g/mol. The molecule has 4 aromatic rings. The van der Waals surface area contributed by atoms with Crippen LogP contribution in [0.1, 0.15) is 0 Å². The normalized spacial score (nSPS) is 11.0. The van der Waals surface area contributed by atoms with Crippen LogP contribution in [-0.2, 0) is 4.79 Å². The molecule has 27 heavy (non-hydrogen) atoms. The van der Waals surface area contributed by atoms with Crippen LogP contribution >= 0.6 is 23.1 Å². The number of nitrogens with one attached hydrogen (secondary N) is 2. The highest BCUT2D eigenvalue weighted by Gasteiger charge is 2.13. The molecule has 1 amide bonds. The third-order valence-electron chi connectivity index (χ3n) is 3.53. The molecule has 0 spiro atoms. The van der Waals surface area contributed by atoms with E-state index in [4.69, 9.17) is 0 Å². The smallest absolute Gasteiger partial charge is 0.266 e. The van der Waals surface area contributed by atoms with Crippen molar-refractivity contribution in [1.29, 1.82) is 0 Å². The summed E-state index contributed by atoms with van der Waals surface area (Å²) in [6, 6.07) is 10.7. The molecule has 10 heteroatoms. The molecule has 7 nitrogen and oxygen atoms in total. The summed E-state index contributed by atoms with van der Waals surface area (Å²) >= 11 is 2.65. The first-order chi connectivity index (χ1) is 13.1. The van der Waals surface area contributed by atoms with E-state index in [1.54, 1.807) is 0 Å². The van der Waals surface area contributed by atoms with Gasteiger partial charge < -0.3 is 5.32 Å². The fourth-order valence-electron chi connectivity index (χ4n) is 2.36. The molecule has 0 aliphatic heterocycles. The van der Waals surface area contributed by atoms with Crippen molar-refractivity contribution >= 4 is 40.3 Å². The second kappa shape index (κ2) is 7.33. The van der Waals surface area contributed by atoms with Crippen LogP contribution in [0.5, 0.6) is 0 Å². The molecule has 0 saturated heterocycles. The van der Waals surface area contributed by atoms with E-state index in [2.05, 4.69) is 20.4 Å². The second-order valence-corrected chi connectivity index (χ2v) is 7.36. The van der Waals surface area contributed by atoms with Crippen molar-refractivity contribution in [3.05, 3.63) is 64.0 Å². The number of aromatic nitrogens is 4. The number of halogens is 1. The summed E-state index contributed by atoms with van der Waals surface area (Å²) in [5.41, 5.74) is 0.633. The Morgan fingerprint density at radius 2 is 2.07 bits per heavy atom. The maximum atomic E-state index is 12.9. The van der Waals surface area contributed by atoms with Crippen molar-refractivity contribution in [2.75, 3.05) is 11.1 Å². The highest BCUT2D eigenvalue weighted by Crippen LogP contribution is 2.24. The van der Waals surface area contributed by atoms with Crippen molar-refractivity contribution in [2.45, 2.75) is 5.16 Å². The quantitative estimate of drug-likeness (QED) is 0.502. The van der Waals surface area contributed by atoms with E-state index in [-0.39, 0.29) is 23.0 Å². The first-order valence-electron chi connectivity index (χ1n) is 7.80. The van der Waals surface area contributed by atoms with E-state index >= 15 is 0 Å². The molecule has 0 saturated carbocycles. The maximum absolute atomic E-state index is 12.9. The molecule has 136 valence electrons. The third kappa shape index (κ3) is 3.91. The molecule has 0 aliphatic carbocycles. The molecule has 0 fully saturated rings. The van der Waals surface area contributed by atoms with Gasteiger partial charge in [-0.05, 0) is 35.7 Å². The van der Waals surface area contributed by atoms with Crippen LogP contribution in [0.15, 0.2) is 57.8 Å². The van der Waals surface area contributed by atoms with Crippen LogP contribution in [-0.4, -0.2) is 31.2 Å². The van der Waals surface area contributed by atoms with Crippen molar-refractivity contribution in [3.63, 3.8) is 0 Å². The molecule has 0 radical (unpaired) electrons. The number of carbonyl (C=O) groups excluding carboxylic acids is 1. The Labute approximate surface area is 160 Å². The van der Waals surface area contributed by atoms with Gasteiger partial charge in [0.05, 0.1) is 10.6 Å². The minimum absolute atomic E-state index is 0.0631. The fourth-order valence-corrected chi connectivity index (χ4v) is 3.77. The van der Waals surface area contributed by atoms with E-state index in [1.807, 2.05) is 17.5 Å². The zero-order chi connectivity index (χ0) is 18.8. The van der Waals surface area contributed by atoms with E-state index in [0.717, 1.165) is 4.88 Å². The topological polar surface area (TPSA) is 92.2 Å². The number of anilines is 1. The number of H-pyrrole nitrogens is 1. The monoisotopic (exact) mass is 401 g/mol. The molecule has 0 unspecified atom stereocenters. The molecular formula is C17H12FN5O2S2. The molecule has 3 aromatic heterocycles. The standard InChI is InChI=1S/C17H12FN5O2S2/c18-10-3-5-11(6-4-10)19-15(25)9-27-17-21-16(12-2-1-7-26-12)20-13-8-14(24)22-23(13)17/h1-8H,9H2,(H,19,25)(H,22,24). The summed E-state index contributed by atoms with van der Waals surface area (Å²) in [5.74, 6) is -0.0902. The summed E-state index contributed by atoms with van der Waals surface area (Å²) in [6.07, 6.45) is 0. The van der Waals surface area contributed by atoms with Gasteiger partial charge in [-0.2, -0.15) is 0 Å². The van der Waals surface area contributed by atoms with E-state index in [1.165, 1.54) is 57.9 Å². The molecule has 2 N–H and O–H groups in total. The lowest BCUT2D eigenvalue weighted by atomic mass is 10.3. The van der Waals surface area contributed by atoms with Gasteiger partial charge in [0.1, 0.15) is 5.82 Å². The van der Waals surface area contributed by atoms with Crippen LogP contribution in [0.3, 0.4) is 0 Å². The Morgan fingerprint density at radius 1 is 1.26 bits per heavy atom. The number of rotatable bonds is 5. The minimum atomic E-state index is -0.372. The maximum Gasteiger partial charge on any atom is 0.266 e. The van der Waals surface area contributed by atoms with E-state index in [0.29, 0.717) is 22.3 Å². The Kier molecular flexibility index (Phi) is 4.73. The van der Waals surface area contributed by atoms with Crippen molar-refractivity contribution in [1.82, 2.24) is 19.6 Å². The highest BCUT2D eigenvalue weighted by molar-refractivity contribution is 7.99. The van der Waals surface area contributed by atoms with Gasteiger partial charge >= 0.3 is 0 Å². The lowest BCUT2D eigenvalue weighted by Gasteiger charge is -2.07. The number of thiophene rings is 1. The van der Waals surface area contributed by atoms with Crippen LogP contribution in [0, 0.1) is 5.82 Å². The van der Waals surface area contributed by atoms with Crippen molar-refractivity contribution in [3.8, 4) is 10.7 Å². The average Bonchev–Trinajstić information content (AvgIpc) is 3.30. The minimum Gasteiger partial charge on any atom is -0.325 e. The predicted octanol–water partition coefficient (Wildman–Crippen LogP) is 3.02. The number of amides is 1. The van der Waals surface area contributed by atoms with Crippen LogP contribution < -0.4 is 10.9 Å². The molecule has 0 atom stereocenters.